The molecule has 0 aromatic carbocycles. The third kappa shape index (κ3) is 37.9. The molecule has 0 saturated carbocycles. The summed E-state index contributed by atoms with van der Waals surface area (Å²) in [5.74, 6) is -1.72. The molecule has 0 aromatic heterocycles. The number of carbonyl (C=O) groups excluding carboxylic acids is 1. The summed E-state index contributed by atoms with van der Waals surface area (Å²) in [4.78, 5) is 21.6. The van der Waals surface area contributed by atoms with E-state index in [0.29, 0.717) is 6.61 Å². The Bertz CT molecular complexity index is 734. The maximum Gasteiger partial charge on any atom is 0.331 e. The van der Waals surface area contributed by atoms with Crippen LogP contribution in [0.15, 0.2) is 48.6 Å². The van der Waals surface area contributed by atoms with Crippen molar-refractivity contribution in [2.24, 2.45) is 0 Å². The fourth-order valence-electron chi connectivity index (χ4n) is 5.33. The molecular formula is C40H70O4. The Morgan fingerprint density at radius 2 is 0.795 bits per heavy atom. The second-order valence-electron chi connectivity index (χ2n) is 12.4. The van der Waals surface area contributed by atoms with E-state index in [0.717, 1.165) is 37.8 Å². The monoisotopic (exact) mass is 615 g/mol. The molecule has 4 nitrogen and oxygen atoms in total. The SMILES string of the molecule is CCCCC/C=C\C/C=C\CCCCCCCCCCCCCCCC/C=C\CCCCCCCCOC(=O)/C=C\C(=O)O. The largest absolute Gasteiger partial charge is 0.478 e. The summed E-state index contributed by atoms with van der Waals surface area (Å²) in [6, 6.07) is 0. The molecule has 0 fully saturated rings. The molecule has 0 aliphatic carbocycles. The summed E-state index contributed by atoms with van der Waals surface area (Å²) < 4.78 is 4.96. The molecule has 254 valence electrons. The van der Waals surface area contributed by atoms with Gasteiger partial charge in [-0.1, -0.05) is 159 Å². The van der Waals surface area contributed by atoms with Crippen LogP contribution < -0.4 is 0 Å². The average Bonchev–Trinajstić information content (AvgIpc) is 3.02. The molecule has 0 heterocycles. The van der Waals surface area contributed by atoms with E-state index in [1.54, 1.807) is 0 Å². The van der Waals surface area contributed by atoms with Gasteiger partial charge in [0.2, 0.25) is 0 Å². The second kappa shape index (κ2) is 37.1. The van der Waals surface area contributed by atoms with Crippen LogP contribution in [0.1, 0.15) is 187 Å². The second-order valence-corrected chi connectivity index (χ2v) is 12.4. The van der Waals surface area contributed by atoms with Gasteiger partial charge in [0.05, 0.1) is 6.61 Å². The van der Waals surface area contributed by atoms with Crippen molar-refractivity contribution in [2.75, 3.05) is 6.61 Å². The topological polar surface area (TPSA) is 63.6 Å². The minimum atomic E-state index is -1.14. The van der Waals surface area contributed by atoms with E-state index in [1.807, 2.05) is 0 Å². The summed E-state index contributed by atoms with van der Waals surface area (Å²) in [5.41, 5.74) is 0. The minimum Gasteiger partial charge on any atom is -0.478 e. The molecule has 0 atom stereocenters. The van der Waals surface area contributed by atoms with Crippen LogP contribution in [0.25, 0.3) is 0 Å². The number of hydrogen-bond acceptors (Lipinski definition) is 3. The maximum absolute atomic E-state index is 11.2. The quantitative estimate of drug-likeness (QED) is 0.0339. The summed E-state index contributed by atoms with van der Waals surface area (Å²) in [7, 11) is 0. The van der Waals surface area contributed by atoms with E-state index >= 15 is 0 Å². The Balaban J connectivity index is 3.20. The average molecular weight is 615 g/mol. The first-order valence-electron chi connectivity index (χ1n) is 18.7. The number of carboxylic acids is 1. The van der Waals surface area contributed by atoms with Crippen molar-refractivity contribution >= 4 is 11.9 Å². The molecule has 0 aromatic rings. The lowest BCUT2D eigenvalue weighted by atomic mass is 10.0. The van der Waals surface area contributed by atoms with Gasteiger partial charge < -0.3 is 9.84 Å². The number of carboxylic acid groups (broad SMARTS) is 1. The lowest BCUT2D eigenvalue weighted by molar-refractivity contribution is -0.138. The fourth-order valence-corrected chi connectivity index (χ4v) is 5.33. The minimum absolute atomic E-state index is 0.364. The summed E-state index contributed by atoms with van der Waals surface area (Å²) in [5, 5.41) is 8.46. The van der Waals surface area contributed by atoms with Crippen LogP contribution in [0.5, 0.6) is 0 Å². The van der Waals surface area contributed by atoms with Crippen molar-refractivity contribution in [1.82, 2.24) is 0 Å². The van der Waals surface area contributed by atoms with Crippen molar-refractivity contribution in [2.45, 2.75) is 187 Å². The van der Waals surface area contributed by atoms with Crippen LogP contribution in [-0.4, -0.2) is 23.7 Å². The summed E-state index contributed by atoms with van der Waals surface area (Å²) in [6.07, 6.45) is 52.4. The van der Waals surface area contributed by atoms with Gasteiger partial charge >= 0.3 is 11.9 Å². The normalized spacial score (nSPS) is 12.0. The Morgan fingerprint density at radius 3 is 1.18 bits per heavy atom. The van der Waals surface area contributed by atoms with Crippen LogP contribution in [0, 0.1) is 0 Å². The number of rotatable bonds is 34. The molecule has 44 heavy (non-hydrogen) atoms. The highest BCUT2D eigenvalue weighted by molar-refractivity contribution is 5.90. The number of allylic oxidation sites excluding steroid dienone is 6. The zero-order chi connectivity index (χ0) is 32.0. The number of ether oxygens (including phenoxy) is 1. The number of carbonyl (C=O) groups is 2. The standard InChI is InChI=1S/C40H70O4/c1-2-3-4-5-6-7-8-9-10-11-12-13-14-15-16-17-18-19-20-21-22-23-24-25-26-27-28-29-30-31-32-33-34-35-38-44-40(43)37-36-39(41)42/h6-7,9-10,27-28,36-37H,2-5,8,11-26,29-35,38H2,1H3,(H,41,42)/b7-6-,10-9-,28-27-,37-36-. The van der Waals surface area contributed by atoms with E-state index in [4.69, 9.17) is 9.84 Å². The number of unbranched alkanes of at least 4 members (excludes halogenated alkanes) is 24. The molecule has 0 saturated heterocycles. The molecule has 0 aliphatic rings. The van der Waals surface area contributed by atoms with Gasteiger partial charge in [0.25, 0.3) is 0 Å². The summed E-state index contributed by atoms with van der Waals surface area (Å²) in [6.45, 7) is 2.63. The zero-order valence-electron chi connectivity index (χ0n) is 28.8. The van der Waals surface area contributed by atoms with Gasteiger partial charge in [-0.25, -0.2) is 9.59 Å². The summed E-state index contributed by atoms with van der Waals surface area (Å²) >= 11 is 0. The molecule has 0 rings (SSSR count). The lowest BCUT2D eigenvalue weighted by Crippen LogP contribution is -2.03. The van der Waals surface area contributed by atoms with Gasteiger partial charge in [0.1, 0.15) is 0 Å². The van der Waals surface area contributed by atoms with E-state index < -0.39 is 11.9 Å². The number of aliphatic carboxylic acids is 1. The molecule has 1 N–H and O–H groups in total. The van der Waals surface area contributed by atoms with Crippen molar-refractivity contribution in [1.29, 1.82) is 0 Å². The van der Waals surface area contributed by atoms with Crippen LogP contribution in [0.3, 0.4) is 0 Å². The van der Waals surface area contributed by atoms with Gasteiger partial charge in [0.15, 0.2) is 0 Å². The van der Waals surface area contributed by atoms with Gasteiger partial charge in [-0.15, -0.1) is 0 Å². The third-order valence-corrected chi connectivity index (χ3v) is 8.11. The third-order valence-electron chi connectivity index (χ3n) is 8.11. The van der Waals surface area contributed by atoms with Crippen LogP contribution >= 0.6 is 0 Å². The molecule has 0 unspecified atom stereocenters. The number of hydrogen-bond donors (Lipinski definition) is 1. The van der Waals surface area contributed by atoms with Crippen LogP contribution in [0.2, 0.25) is 0 Å². The van der Waals surface area contributed by atoms with E-state index in [9.17, 15) is 9.59 Å². The highest BCUT2D eigenvalue weighted by Crippen LogP contribution is 2.14. The maximum atomic E-state index is 11.2. The first-order valence-corrected chi connectivity index (χ1v) is 18.7. The molecule has 0 spiro atoms. The van der Waals surface area contributed by atoms with Gasteiger partial charge in [-0.2, -0.15) is 0 Å². The highest BCUT2D eigenvalue weighted by Gasteiger charge is 1.99. The van der Waals surface area contributed by atoms with E-state index in [1.165, 1.54) is 154 Å². The first-order chi connectivity index (χ1) is 21.7. The Kier molecular flexibility index (Phi) is 35.3. The van der Waals surface area contributed by atoms with Crippen LogP contribution in [0.4, 0.5) is 0 Å². The van der Waals surface area contributed by atoms with Gasteiger partial charge in [-0.3, -0.25) is 0 Å². The Morgan fingerprint density at radius 1 is 0.455 bits per heavy atom. The van der Waals surface area contributed by atoms with Gasteiger partial charge in [0, 0.05) is 12.2 Å². The van der Waals surface area contributed by atoms with Gasteiger partial charge in [-0.05, 0) is 64.2 Å². The molecule has 0 bridgehead atoms. The number of esters is 1. The van der Waals surface area contributed by atoms with Crippen LogP contribution in [-0.2, 0) is 14.3 Å². The molecule has 0 amide bonds. The molecule has 0 aliphatic heterocycles. The first kappa shape index (κ1) is 41.9. The smallest absolute Gasteiger partial charge is 0.331 e. The molecular weight excluding hydrogens is 544 g/mol. The lowest BCUT2D eigenvalue weighted by Gasteiger charge is -2.03. The van der Waals surface area contributed by atoms with E-state index in [2.05, 4.69) is 43.4 Å². The molecule has 0 radical (unpaired) electrons. The highest BCUT2D eigenvalue weighted by atomic mass is 16.5. The molecule has 4 heteroatoms. The van der Waals surface area contributed by atoms with Crippen molar-refractivity contribution in [3.63, 3.8) is 0 Å². The van der Waals surface area contributed by atoms with Crippen molar-refractivity contribution < 1.29 is 19.4 Å². The predicted octanol–water partition coefficient (Wildman–Crippen LogP) is 12.8. The predicted molar refractivity (Wildman–Crippen MR) is 190 cm³/mol. The van der Waals surface area contributed by atoms with Crippen molar-refractivity contribution in [3.8, 4) is 0 Å². The zero-order valence-corrected chi connectivity index (χ0v) is 28.8. The fraction of sp³-hybridized carbons (Fsp3) is 0.750. The Labute approximate surface area is 272 Å². The van der Waals surface area contributed by atoms with E-state index in [-0.39, 0.29) is 0 Å². The Hall–Kier alpha value is -2.10. The van der Waals surface area contributed by atoms with Crippen molar-refractivity contribution in [3.05, 3.63) is 48.6 Å².